The molecule has 2 saturated heterocycles. The van der Waals surface area contributed by atoms with Crippen molar-refractivity contribution < 1.29 is 8.42 Å². The molecule has 0 bridgehead atoms. The predicted octanol–water partition coefficient (Wildman–Crippen LogP) is 0.843. The first-order valence-corrected chi connectivity index (χ1v) is 8.29. The van der Waals surface area contributed by atoms with Crippen LogP contribution in [0.15, 0.2) is 0 Å². The molecule has 0 radical (unpaired) electrons. The van der Waals surface area contributed by atoms with E-state index < -0.39 is 9.84 Å². The van der Waals surface area contributed by atoms with E-state index in [1.54, 1.807) is 0 Å². The van der Waals surface area contributed by atoms with Crippen molar-refractivity contribution in [3.63, 3.8) is 0 Å². The SMILES string of the molecule is CC1(C)CNCCN(C2CCCCS2(=O)=O)C1. The Morgan fingerprint density at radius 3 is 2.76 bits per heavy atom. The van der Waals surface area contributed by atoms with E-state index in [0.717, 1.165) is 45.4 Å². The van der Waals surface area contributed by atoms with Crippen molar-refractivity contribution in [3.05, 3.63) is 0 Å². The smallest absolute Gasteiger partial charge is 0.166 e. The summed E-state index contributed by atoms with van der Waals surface area (Å²) in [6.07, 6.45) is 2.71. The highest BCUT2D eigenvalue weighted by atomic mass is 32.2. The average Bonchev–Trinajstić information content (AvgIpc) is 2.38. The van der Waals surface area contributed by atoms with E-state index in [1.807, 2.05) is 0 Å². The molecule has 1 atom stereocenters. The Balaban J connectivity index is 2.14. The van der Waals surface area contributed by atoms with Crippen LogP contribution >= 0.6 is 0 Å². The van der Waals surface area contributed by atoms with Crippen LogP contribution in [0.2, 0.25) is 0 Å². The molecule has 2 rings (SSSR count). The fourth-order valence-corrected chi connectivity index (χ4v) is 4.97. The van der Waals surface area contributed by atoms with Crippen LogP contribution in [0.5, 0.6) is 0 Å². The van der Waals surface area contributed by atoms with Gasteiger partial charge >= 0.3 is 0 Å². The molecule has 5 heteroatoms. The monoisotopic (exact) mass is 260 g/mol. The quantitative estimate of drug-likeness (QED) is 0.759. The molecule has 0 amide bonds. The van der Waals surface area contributed by atoms with Gasteiger partial charge in [0.2, 0.25) is 0 Å². The molecule has 2 aliphatic heterocycles. The first-order valence-electron chi connectivity index (χ1n) is 6.57. The first-order chi connectivity index (χ1) is 7.91. The van der Waals surface area contributed by atoms with Crippen LogP contribution in [0, 0.1) is 5.41 Å². The van der Waals surface area contributed by atoms with E-state index in [4.69, 9.17) is 0 Å². The third-order valence-corrected chi connectivity index (χ3v) is 5.98. The Bertz CT molecular complexity index is 365. The zero-order valence-corrected chi connectivity index (χ0v) is 11.7. The van der Waals surface area contributed by atoms with Gasteiger partial charge in [0.05, 0.1) is 5.75 Å². The molecule has 2 aliphatic rings. The Hall–Kier alpha value is -0.130. The minimum absolute atomic E-state index is 0.156. The Labute approximate surface area is 105 Å². The minimum Gasteiger partial charge on any atom is -0.315 e. The van der Waals surface area contributed by atoms with Gasteiger partial charge in [-0.1, -0.05) is 13.8 Å². The fraction of sp³-hybridized carbons (Fsp3) is 1.00. The molecule has 100 valence electrons. The number of sulfone groups is 1. The Morgan fingerprint density at radius 2 is 2.06 bits per heavy atom. The minimum atomic E-state index is -2.89. The summed E-state index contributed by atoms with van der Waals surface area (Å²) in [6, 6.07) is 0. The van der Waals surface area contributed by atoms with Crippen molar-refractivity contribution in [2.45, 2.75) is 38.5 Å². The summed E-state index contributed by atoms with van der Waals surface area (Å²) in [5, 5.41) is 3.17. The van der Waals surface area contributed by atoms with E-state index in [9.17, 15) is 8.42 Å². The van der Waals surface area contributed by atoms with E-state index in [1.165, 1.54) is 0 Å². The maximum absolute atomic E-state index is 12.1. The third-order valence-electron chi connectivity index (χ3n) is 3.76. The second kappa shape index (κ2) is 4.86. The van der Waals surface area contributed by atoms with Gasteiger partial charge in [0, 0.05) is 26.2 Å². The Kier molecular flexibility index (Phi) is 3.80. The van der Waals surface area contributed by atoms with Gasteiger partial charge in [-0.15, -0.1) is 0 Å². The molecule has 2 heterocycles. The van der Waals surface area contributed by atoms with Crippen molar-refractivity contribution in [1.82, 2.24) is 10.2 Å². The van der Waals surface area contributed by atoms with Crippen LogP contribution in [0.4, 0.5) is 0 Å². The van der Waals surface area contributed by atoms with Crippen LogP contribution in [0.3, 0.4) is 0 Å². The highest BCUT2D eigenvalue weighted by Gasteiger charge is 2.37. The molecule has 0 saturated carbocycles. The molecule has 2 fully saturated rings. The van der Waals surface area contributed by atoms with E-state index >= 15 is 0 Å². The highest BCUT2D eigenvalue weighted by Crippen LogP contribution is 2.27. The summed E-state index contributed by atoms with van der Waals surface area (Å²) in [6.45, 7) is 8.00. The lowest BCUT2D eigenvalue weighted by Crippen LogP contribution is -2.48. The zero-order chi connectivity index (χ0) is 12.5. The van der Waals surface area contributed by atoms with Crippen LogP contribution in [-0.4, -0.2) is 50.6 Å². The van der Waals surface area contributed by atoms with Crippen molar-refractivity contribution in [2.24, 2.45) is 5.41 Å². The summed E-state index contributed by atoms with van der Waals surface area (Å²) in [5.74, 6) is 0.377. The van der Waals surface area contributed by atoms with Crippen LogP contribution in [0.25, 0.3) is 0 Å². The molecule has 0 aromatic heterocycles. The predicted molar refractivity (Wildman–Crippen MR) is 69.6 cm³/mol. The van der Waals surface area contributed by atoms with Crippen LogP contribution in [0.1, 0.15) is 33.1 Å². The van der Waals surface area contributed by atoms with Gasteiger partial charge in [-0.25, -0.2) is 8.42 Å². The van der Waals surface area contributed by atoms with Crippen LogP contribution in [-0.2, 0) is 9.84 Å². The molecule has 0 spiro atoms. The second-order valence-corrected chi connectivity index (χ2v) is 8.41. The summed E-state index contributed by atoms with van der Waals surface area (Å²) in [4.78, 5) is 2.19. The molecule has 1 N–H and O–H groups in total. The van der Waals surface area contributed by atoms with Gasteiger partial charge in [-0.2, -0.15) is 0 Å². The molecule has 0 aromatic carbocycles. The van der Waals surface area contributed by atoms with Gasteiger partial charge in [-0.3, -0.25) is 4.90 Å². The first kappa shape index (κ1) is 13.3. The molecular weight excluding hydrogens is 236 g/mol. The summed E-state index contributed by atoms with van der Waals surface area (Å²) in [7, 11) is -2.89. The lowest BCUT2D eigenvalue weighted by atomic mass is 9.93. The van der Waals surface area contributed by atoms with Crippen molar-refractivity contribution in [2.75, 3.05) is 31.9 Å². The summed E-state index contributed by atoms with van der Waals surface area (Å²) in [5.41, 5.74) is 0.156. The van der Waals surface area contributed by atoms with E-state index in [-0.39, 0.29) is 10.8 Å². The van der Waals surface area contributed by atoms with Crippen molar-refractivity contribution in [3.8, 4) is 0 Å². The van der Waals surface area contributed by atoms with Gasteiger partial charge in [0.25, 0.3) is 0 Å². The van der Waals surface area contributed by atoms with Gasteiger partial charge in [-0.05, 0) is 24.7 Å². The number of rotatable bonds is 1. The maximum atomic E-state index is 12.1. The standard InChI is InChI=1S/C12H24N2O2S/c1-12(2)9-13-6-7-14(10-12)11-5-3-4-8-17(11,15)16/h11,13H,3-10H2,1-2H3. The van der Waals surface area contributed by atoms with Crippen molar-refractivity contribution >= 4 is 9.84 Å². The van der Waals surface area contributed by atoms with E-state index in [2.05, 4.69) is 24.1 Å². The van der Waals surface area contributed by atoms with Gasteiger partial charge < -0.3 is 5.32 Å². The second-order valence-electron chi connectivity index (χ2n) is 6.13. The van der Waals surface area contributed by atoms with Gasteiger partial charge in [0.15, 0.2) is 9.84 Å². The maximum Gasteiger partial charge on any atom is 0.166 e. The number of nitrogens with zero attached hydrogens (tertiary/aromatic N) is 1. The number of hydrogen-bond donors (Lipinski definition) is 1. The fourth-order valence-electron chi connectivity index (χ4n) is 2.93. The molecule has 0 aromatic rings. The molecule has 4 nitrogen and oxygen atoms in total. The lowest BCUT2D eigenvalue weighted by molar-refractivity contribution is 0.179. The number of hydrogen-bond acceptors (Lipinski definition) is 4. The Morgan fingerprint density at radius 1 is 1.29 bits per heavy atom. The van der Waals surface area contributed by atoms with E-state index in [0.29, 0.717) is 5.75 Å². The molecule has 17 heavy (non-hydrogen) atoms. The van der Waals surface area contributed by atoms with Crippen LogP contribution < -0.4 is 5.32 Å². The average molecular weight is 260 g/mol. The van der Waals surface area contributed by atoms with Gasteiger partial charge in [0.1, 0.15) is 5.37 Å². The summed E-state index contributed by atoms with van der Waals surface area (Å²) >= 11 is 0. The molecular formula is C12H24N2O2S. The number of nitrogens with one attached hydrogen (secondary N) is 1. The highest BCUT2D eigenvalue weighted by molar-refractivity contribution is 7.92. The normalized spacial score (nSPS) is 34.1. The largest absolute Gasteiger partial charge is 0.315 e. The van der Waals surface area contributed by atoms with Crippen molar-refractivity contribution in [1.29, 1.82) is 0 Å². The third kappa shape index (κ3) is 3.20. The molecule has 0 aliphatic carbocycles. The lowest BCUT2D eigenvalue weighted by Gasteiger charge is -2.36. The summed E-state index contributed by atoms with van der Waals surface area (Å²) < 4.78 is 24.3. The zero-order valence-electron chi connectivity index (χ0n) is 10.9. The molecule has 1 unspecified atom stereocenters. The topological polar surface area (TPSA) is 49.4 Å².